The van der Waals surface area contributed by atoms with Gasteiger partial charge < -0.3 is 10.6 Å². The normalized spacial score (nSPS) is 15.6. The molecule has 0 spiro atoms. The van der Waals surface area contributed by atoms with Crippen molar-refractivity contribution in [2.75, 3.05) is 10.6 Å². The highest BCUT2D eigenvalue weighted by atomic mass is 19.2. The predicted molar refractivity (Wildman–Crippen MR) is 99.6 cm³/mol. The number of halogens is 3. The van der Waals surface area contributed by atoms with Gasteiger partial charge in [0.05, 0.1) is 17.8 Å². The summed E-state index contributed by atoms with van der Waals surface area (Å²) in [6.07, 6.45) is -0.237. The van der Waals surface area contributed by atoms with Crippen LogP contribution in [0.1, 0.15) is 18.0 Å². The molecule has 4 rings (SSSR count). The second-order valence-corrected chi connectivity index (χ2v) is 6.61. The van der Waals surface area contributed by atoms with Gasteiger partial charge in [0, 0.05) is 11.1 Å². The van der Waals surface area contributed by atoms with Crippen LogP contribution in [0, 0.1) is 24.4 Å². The first-order valence-corrected chi connectivity index (χ1v) is 8.75. The standard InChI is InChI=1S/C20H15F3N4O2/c1-10-18(11-5-3-2-4-6-11)26-27-14(9-15(28)25-19(10)27)20(29)24-13-8-7-12(21)16(22)17(13)23/h2-8,14H,9H2,1H3,(H,24,29)(H,25,28)/t14-/m0/s1. The van der Waals surface area contributed by atoms with Gasteiger partial charge in [-0.05, 0) is 19.1 Å². The molecular weight excluding hydrogens is 385 g/mol. The van der Waals surface area contributed by atoms with Crippen molar-refractivity contribution in [3.63, 3.8) is 0 Å². The summed E-state index contributed by atoms with van der Waals surface area (Å²) in [7, 11) is 0. The van der Waals surface area contributed by atoms with E-state index in [4.69, 9.17) is 0 Å². The SMILES string of the molecule is Cc1c(-c2ccccc2)nn2c1NC(=O)C[C@H]2C(=O)Nc1ccc(F)c(F)c1F. The highest BCUT2D eigenvalue weighted by molar-refractivity contribution is 6.02. The molecule has 1 atom stereocenters. The lowest BCUT2D eigenvalue weighted by Gasteiger charge is -2.24. The van der Waals surface area contributed by atoms with Crippen molar-refractivity contribution in [1.82, 2.24) is 9.78 Å². The third-order valence-corrected chi connectivity index (χ3v) is 4.72. The van der Waals surface area contributed by atoms with Crippen LogP contribution in [-0.4, -0.2) is 21.6 Å². The number of carbonyl (C=O) groups excluding carboxylic acids is 2. The second-order valence-electron chi connectivity index (χ2n) is 6.61. The summed E-state index contributed by atoms with van der Waals surface area (Å²) in [5.74, 6) is -5.40. The number of hydrogen-bond acceptors (Lipinski definition) is 3. The maximum atomic E-state index is 13.9. The Balaban J connectivity index is 1.71. The topological polar surface area (TPSA) is 76.0 Å². The number of nitrogens with zero attached hydrogens (tertiary/aromatic N) is 2. The number of anilines is 2. The average Bonchev–Trinajstić information content (AvgIpc) is 3.05. The first kappa shape index (κ1) is 18.7. The highest BCUT2D eigenvalue weighted by Gasteiger charge is 2.34. The van der Waals surface area contributed by atoms with Crippen molar-refractivity contribution in [3.8, 4) is 11.3 Å². The lowest BCUT2D eigenvalue weighted by atomic mass is 10.1. The summed E-state index contributed by atoms with van der Waals surface area (Å²) in [5, 5.41) is 9.38. The van der Waals surface area contributed by atoms with Gasteiger partial charge >= 0.3 is 0 Å². The number of aromatic nitrogens is 2. The Morgan fingerprint density at radius 1 is 1.14 bits per heavy atom. The third kappa shape index (κ3) is 3.24. The van der Waals surface area contributed by atoms with Gasteiger partial charge in [-0.2, -0.15) is 5.10 Å². The number of fused-ring (bicyclic) bond motifs is 1. The summed E-state index contributed by atoms with van der Waals surface area (Å²) in [4.78, 5) is 24.9. The van der Waals surface area contributed by atoms with Crippen LogP contribution in [0.4, 0.5) is 24.7 Å². The van der Waals surface area contributed by atoms with E-state index < -0.39 is 41.0 Å². The molecule has 1 aliphatic heterocycles. The van der Waals surface area contributed by atoms with E-state index in [1.54, 1.807) is 6.92 Å². The number of amides is 2. The Hall–Kier alpha value is -3.62. The molecule has 9 heteroatoms. The predicted octanol–water partition coefficient (Wildman–Crippen LogP) is 3.80. The van der Waals surface area contributed by atoms with E-state index >= 15 is 0 Å². The van der Waals surface area contributed by atoms with Crippen molar-refractivity contribution in [2.24, 2.45) is 0 Å². The molecule has 1 aliphatic rings. The third-order valence-electron chi connectivity index (χ3n) is 4.72. The van der Waals surface area contributed by atoms with Crippen LogP contribution in [-0.2, 0) is 9.59 Å². The molecule has 29 heavy (non-hydrogen) atoms. The lowest BCUT2D eigenvalue weighted by Crippen LogP contribution is -2.36. The summed E-state index contributed by atoms with van der Waals surface area (Å²) >= 11 is 0. The molecule has 0 unspecified atom stereocenters. The van der Waals surface area contributed by atoms with Crippen LogP contribution in [0.3, 0.4) is 0 Å². The van der Waals surface area contributed by atoms with E-state index in [9.17, 15) is 22.8 Å². The van der Waals surface area contributed by atoms with Crippen LogP contribution in [0.2, 0.25) is 0 Å². The number of hydrogen-bond donors (Lipinski definition) is 2. The van der Waals surface area contributed by atoms with Crippen molar-refractivity contribution in [2.45, 2.75) is 19.4 Å². The number of rotatable bonds is 3. The largest absolute Gasteiger partial charge is 0.322 e. The van der Waals surface area contributed by atoms with E-state index in [0.717, 1.165) is 11.6 Å². The van der Waals surface area contributed by atoms with Crippen molar-refractivity contribution < 1.29 is 22.8 Å². The molecule has 0 fully saturated rings. The molecule has 3 aromatic rings. The fourth-order valence-electron chi connectivity index (χ4n) is 3.25. The minimum absolute atomic E-state index is 0.237. The van der Waals surface area contributed by atoms with Gasteiger partial charge in [-0.1, -0.05) is 30.3 Å². The lowest BCUT2D eigenvalue weighted by molar-refractivity contribution is -0.125. The zero-order chi connectivity index (χ0) is 20.7. The minimum Gasteiger partial charge on any atom is -0.322 e. The first-order chi connectivity index (χ1) is 13.9. The molecule has 0 saturated heterocycles. The Morgan fingerprint density at radius 3 is 2.59 bits per heavy atom. The molecule has 0 aliphatic carbocycles. The van der Waals surface area contributed by atoms with Crippen molar-refractivity contribution in [3.05, 3.63) is 65.5 Å². The first-order valence-electron chi connectivity index (χ1n) is 8.75. The Morgan fingerprint density at radius 2 is 1.86 bits per heavy atom. The van der Waals surface area contributed by atoms with E-state index in [1.165, 1.54) is 4.68 Å². The van der Waals surface area contributed by atoms with E-state index in [0.29, 0.717) is 23.1 Å². The average molecular weight is 400 g/mol. The number of carbonyl (C=O) groups is 2. The molecule has 2 heterocycles. The molecule has 0 bridgehead atoms. The summed E-state index contributed by atoms with van der Waals surface area (Å²) in [6.45, 7) is 1.76. The molecule has 1 aromatic heterocycles. The quantitative estimate of drug-likeness (QED) is 0.657. The smallest absolute Gasteiger partial charge is 0.249 e. The van der Waals surface area contributed by atoms with Gasteiger partial charge in [-0.25, -0.2) is 17.9 Å². The Kier molecular flexibility index (Phi) is 4.57. The van der Waals surface area contributed by atoms with Crippen LogP contribution >= 0.6 is 0 Å². The molecule has 0 radical (unpaired) electrons. The number of nitrogens with one attached hydrogen (secondary N) is 2. The zero-order valence-electron chi connectivity index (χ0n) is 15.2. The maximum Gasteiger partial charge on any atom is 0.249 e. The summed E-state index contributed by atoms with van der Waals surface area (Å²) in [6, 6.07) is 9.75. The minimum atomic E-state index is -1.69. The Labute approximate surface area is 163 Å². The maximum absolute atomic E-state index is 13.9. The summed E-state index contributed by atoms with van der Waals surface area (Å²) < 4.78 is 41.8. The molecular formula is C20H15F3N4O2. The van der Waals surface area contributed by atoms with Crippen LogP contribution < -0.4 is 10.6 Å². The van der Waals surface area contributed by atoms with Crippen molar-refractivity contribution >= 4 is 23.3 Å². The van der Waals surface area contributed by atoms with Crippen LogP contribution in [0.15, 0.2) is 42.5 Å². The van der Waals surface area contributed by atoms with Gasteiger partial charge in [-0.15, -0.1) is 0 Å². The van der Waals surface area contributed by atoms with E-state index in [2.05, 4.69) is 15.7 Å². The molecule has 6 nitrogen and oxygen atoms in total. The van der Waals surface area contributed by atoms with Gasteiger partial charge in [0.2, 0.25) is 11.8 Å². The van der Waals surface area contributed by atoms with Crippen LogP contribution in [0.25, 0.3) is 11.3 Å². The fourth-order valence-corrected chi connectivity index (χ4v) is 3.25. The fraction of sp³-hybridized carbons (Fsp3) is 0.150. The van der Waals surface area contributed by atoms with Crippen molar-refractivity contribution in [1.29, 1.82) is 0 Å². The highest BCUT2D eigenvalue weighted by Crippen LogP contribution is 2.34. The van der Waals surface area contributed by atoms with E-state index in [-0.39, 0.29) is 6.42 Å². The molecule has 148 valence electrons. The Bertz CT molecular complexity index is 1130. The van der Waals surface area contributed by atoms with Gasteiger partial charge in [0.25, 0.3) is 0 Å². The zero-order valence-corrected chi connectivity index (χ0v) is 15.2. The number of benzene rings is 2. The van der Waals surface area contributed by atoms with Gasteiger partial charge in [0.15, 0.2) is 17.5 Å². The molecule has 2 N–H and O–H groups in total. The van der Waals surface area contributed by atoms with Gasteiger partial charge in [-0.3, -0.25) is 9.59 Å². The second kappa shape index (κ2) is 7.08. The molecule has 2 aromatic carbocycles. The summed E-state index contributed by atoms with van der Waals surface area (Å²) in [5.41, 5.74) is 1.53. The molecule has 0 saturated carbocycles. The molecule has 2 amide bonds. The van der Waals surface area contributed by atoms with Crippen LogP contribution in [0.5, 0.6) is 0 Å². The van der Waals surface area contributed by atoms with Gasteiger partial charge in [0.1, 0.15) is 11.9 Å². The van der Waals surface area contributed by atoms with E-state index in [1.807, 2.05) is 30.3 Å². The monoisotopic (exact) mass is 400 g/mol.